The fourth-order valence-corrected chi connectivity index (χ4v) is 1.03. The van der Waals surface area contributed by atoms with Gasteiger partial charge in [0.15, 0.2) is 0 Å². The Morgan fingerprint density at radius 2 is 2.14 bits per heavy atom. The first-order chi connectivity index (χ1) is 6.37. The van der Waals surface area contributed by atoms with Gasteiger partial charge < -0.3 is 15.1 Å². The number of hydrogen-bond acceptors (Lipinski definition) is 3. The molecular weight excluding hydrogens is 209 g/mol. The van der Waals surface area contributed by atoms with Crippen molar-refractivity contribution in [2.24, 2.45) is 5.92 Å². The Bertz CT molecular complexity index is 226. The zero-order chi connectivity index (χ0) is 11.2. The maximum atomic E-state index is 11.1. The van der Waals surface area contributed by atoms with Gasteiger partial charge in [-0.3, -0.25) is 9.32 Å². The molecule has 0 spiro atoms. The molecule has 1 amide bonds. The van der Waals surface area contributed by atoms with E-state index in [-0.39, 0.29) is 25.0 Å². The highest BCUT2D eigenvalue weighted by Crippen LogP contribution is 2.35. The van der Waals surface area contributed by atoms with Crippen LogP contribution in [0.1, 0.15) is 20.3 Å². The molecule has 0 aromatic rings. The Kier molecular flexibility index (Phi) is 5.95. The van der Waals surface area contributed by atoms with Gasteiger partial charge in [0, 0.05) is 12.5 Å². The van der Waals surface area contributed by atoms with Gasteiger partial charge in [-0.2, -0.15) is 0 Å². The molecule has 0 aromatic carbocycles. The fraction of sp³-hybridized carbons (Fsp3) is 0.857. The highest BCUT2D eigenvalue weighted by atomic mass is 31.2. The summed E-state index contributed by atoms with van der Waals surface area (Å²) in [4.78, 5) is 27.8. The highest BCUT2D eigenvalue weighted by molar-refractivity contribution is 7.46. The molecule has 0 saturated heterocycles. The number of nitrogens with one attached hydrogen (secondary N) is 1. The molecule has 0 aliphatic carbocycles. The molecule has 0 rings (SSSR count). The maximum absolute atomic E-state index is 11.1. The predicted octanol–water partition coefficient (Wildman–Crippen LogP) is 0.258. The van der Waals surface area contributed by atoms with Crippen LogP contribution in [0.2, 0.25) is 0 Å². The molecule has 0 saturated carbocycles. The standard InChI is InChI=1S/C7H16NO5P/c1-3-6(2)7(9)8-4-5-13-14(10,11)12/h6H,3-5H2,1-2H3,(H,8,9)(H2,10,11,12). The highest BCUT2D eigenvalue weighted by Gasteiger charge is 2.14. The van der Waals surface area contributed by atoms with Crippen LogP contribution in [0.4, 0.5) is 0 Å². The van der Waals surface area contributed by atoms with Gasteiger partial charge in [0.2, 0.25) is 5.91 Å². The molecule has 6 nitrogen and oxygen atoms in total. The number of hydrogen-bond donors (Lipinski definition) is 3. The molecule has 1 unspecified atom stereocenters. The second kappa shape index (κ2) is 6.14. The first kappa shape index (κ1) is 13.6. The van der Waals surface area contributed by atoms with Gasteiger partial charge in [-0.1, -0.05) is 13.8 Å². The van der Waals surface area contributed by atoms with E-state index < -0.39 is 7.82 Å². The van der Waals surface area contributed by atoms with E-state index in [0.717, 1.165) is 6.42 Å². The molecule has 1 atom stereocenters. The number of phosphoric acid groups is 1. The third-order valence-electron chi connectivity index (χ3n) is 1.72. The summed E-state index contributed by atoms with van der Waals surface area (Å²) in [6.07, 6.45) is 0.727. The van der Waals surface area contributed by atoms with E-state index in [4.69, 9.17) is 9.79 Å². The van der Waals surface area contributed by atoms with Gasteiger partial charge in [0.1, 0.15) is 0 Å². The summed E-state index contributed by atoms with van der Waals surface area (Å²) >= 11 is 0. The molecule has 0 aromatic heterocycles. The lowest BCUT2D eigenvalue weighted by molar-refractivity contribution is -0.124. The van der Waals surface area contributed by atoms with E-state index in [1.165, 1.54) is 0 Å². The van der Waals surface area contributed by atoms with Crippen LogP contribution in [0.25, 0.3) is 0 Å². The lowest BCUT2D eigenvalue weighted by Crippen LogP contribution is -2.31. The van der Waals surface area contributed by atoms with Crippen LogP contribution in [0.15, 0.2) is 0 Å². The minimum Gasteiger partial charge on any atom is -0.354 e. The van der Waals surface area contributed by atoms with Crippen LogP contribution >= 0.6 is 7.82 Å². The molecule has 3 N–H and O–H groups in total. The van der Waals surface area contributed by atoms with E-state index in [9.17, 15) is 9.36 Å². The second-order valence-corrected chi connectivity index (χ2v) is 4.16. The zero-order valence-electron chi connectivity index (χ0n) is 8.27. The van der Waals surface area contributed by atoms with E-state index in [0.29, 0.717) is 0 Å². The van der Waals surface area contributed by atoms with Gasteiger partial charge in [0.05, 0.1) is 6.61 Å². The first-order valence-electron chi connectivity index (χ1n) is 4.34. The van der Waals surface area contributed by atoms with Crippen molar-refractivity contribution < 1.29 is 23.7 Å². The number of amides is 1. The van der Waals surface area contributed by atoms with Crippen molar-refractivity contribution in [3.63, 3.8) is 0 Å². The average molecular weight is 225 g/mol. The number of carbonyl (C=O) groups excluding carboxylic acids is 1. The molecule has 84 valence electrons. The number of rotatable bonds is 6. The molecule has 0 aliphatic rings. The molecule has 0 heterocycles. The van der Waals surface area contributed by atoms with Crippen molar-refractivity contribution >= 4 is 13.7 Å². The van der Waals surface area contributed by atoms with Crippen molar-refractivity contribution in [3.8, 4) is 0 Å². The molecule has 14 heavy (non-hydrogen) atoms. The predicted molar refractivity (Wildman–Crippen MR) is 50.5 cm³/mol. The van der Waals surface area contributed by atoms with Crippen molar-refractivity contribution in [1.82, 2.24) is 5.32 Å². The molecule has 0 radical (unpaired) electrons. The Morgan fingerprint density at radius 1 is 1.57 bits per heavy atom. The summed E-state index contributed by atoms with van der Waals surface area (Å²) in [6.45, 7) is 3.58. The second-order valence-electron chi connectivity index (χ2n) is 2.92. The summed E-state index contributed by atoms with van der Waals surface area (Å²) in [5.41, 5.74) is 0. The Hall–Kier alpha value is -0.420. The van der Waals surface area contributed by atoms with Gasteiger partial charge in [-0.15, -0.1) is 0 Å². The first-order valence-corrected chi connectivity index (χ1v) is 5.87. The molecule has 7 heteroatoms. The SMILES string of the molecule is CCC(C)C(=O)NCCOP(=O)(O)O. The molecular formula is C7H16NO5P. The van der Waals surface area contributed by atoms with Crippen LogP contribution in [0.5, 0.6) is 0 Å². The Morgan fingerprint density at radius 3 is 2.57 bits per heavy atom. The van der Waals surface area contributed by atoms with Gasteiger partial charge in [0.25, 0.3) is 0 Å². The third-order valence-corrected chi connectivity index (χ3v) is 2.24. The molecule has 0 aliphatic heterocycles. The van der Waals surface area contributed by atoms with Gasteiger partial charge in [-0.25, -0.2) is 4.57 Å². The summed E-state index contributed by atoms with van der Waals surface area (Å²) in [7, 11) is -4.41. The van der Waals surface area contributed by atoms with Crippen molar-refractivity contribution in [3.05, 3.63) is 0 Å². The molecule has 0 bridgehead atoms. The van der Waals surface area contributed by atoms with E-state index in [2.05, 4.69) is 9.84 Å². The monoisotopic (exact) mass is 225 g/mol. The van der Waals surface area contributed by atoms with Crippen LogP contribution in [-0.2, 0) is 13.9 Å². The Labute approximate surface area is 82.9 Å². The topological polar surface area (TPSA) is 95.9 Å². The minimum absolute atomic E-state index is 0.0925. The summed E-state index contributed by atoms with van der Waals surface area (Å²) < 4.78 is 14.4. The van der Waals surface area contributed by atoms with E-state index in [1.54, 1.807) is 6.92 Å². The van der Waals surface area contributed by atoms with Crippen molar-refractivity contribution in [2.45, 2.75) is 20.3 Å². The van der Waals surface area contributed by atoms with Crippen LogP contribution in [0, 0.1) is 5.92 Å². The summed E-state index contributed by atoms with van der Waals surface area (Å²) in [6, 6.07) is 0. The average Bonchev–Trinajstić information content (AvgIpc) is 2.09. The number of phosphoric ester groups is 1. The Balaban J connectivity index is 3.55. The quantitative estimate of drug-likeness (QED) is 0.445. The largest absolute Gasteiger partial charge is 0.469 e. The van der Waals surface area contributed by atoms with Crippen molar-refractivity contribution in [1.29, 1.82) is 0 Å². The number of carbonyl (C=O) groups is 1. The maximum Gasteiger partial charge on any atom is 0.469 e. The fourth-order valence-electron chi connectivity index (χ4n) is 0.698. The summed E-state index contributed by atoms with van der Waals surface area (Å²) in [5.74, 6) is -0.230. The van der Waals surface area contributed by atoms with Crippen LogP contribution in [0.3, 0.4) is 0 Å². The van der Waals surface area contributed by atoms with E-state index >= 15 is 0 Å². The summed E-state index contributed by atoms with van der Waals surface area (Å²) in [5, 5.41) is 2.50. The third kappa shape index (κ3) is 7.03. The molecule has 0 fully saturated rings. The lowest BCUT2D eigenvalue weighted by atomic mass is 10.1. The zero-order valence-corrected chi connectivity index (χ0v) is 9.16. The van der Waals surface area contributed by atoms with Crippen molar-refractivity contribution in [2.75, 3.05) is 13.2 Å². The van der Waals surface area contributed by atoms with Gasteiger partial charge in [-0.05, 0) is 6.42 Å². The van der Waals surface area contributed by atoms with E-state index in [1.807, 2.05) is 6.92 Å². The lowest BCUT2D eigenvalue weighted by Gasteiger charge is -2.10. The van der Waals surface area contributed by atoms with Crippen LogP contribution in [-0.4, -0.2) is 28.8 Å². The smallest absolute Gasteiger partial charge is 0.354 e. The minimum atomic E-state index is -4.41. The van der Waals surface area contributed by atoms with Crippen LogP contribution < -0.4 is 5.32 Å². The normalized spacial score (nSPS) is 13.7. The van der Waals surface area contributed by atoms with Gasteiger partial charge >= 0.3 is 7.82 Å².